The van der Waals surface area contributed by atoms with Crippen molar-refractivity contribution < 1.29 is 9.18 Å². The summed E-state index contributed by atoms with van der Waals surface area (Å²) in [5.74, 6) is 0.222. The van der Waals surface area contributed by atoms with Crippen LogP contribution < -0.4 is 21.3 Å². The Morgan fingerprint density at radius 3 is 2.71 bits per heavy atom. The van der Waals surface area contributed by atoms with Gasteiger partial charge in [-0.1, -0.05) is 6.58 Å². The molecule has 0 spiro atoms. The molecule has 0 radical (unpaired) electrons. The summed E-state index contributed by atoms with van der Waals surface area (Å²) in [7, 11) is 0. The number of aromatic nitrogens is 4. The van der Waals surface area contributed by atoms with Crippen molar-refractivity contribution in [2.24, 2.45) is 0 Å². The molecular formula is C24H21FN8O. The molecule has 1 aliphatic heterocycles. The Morgan fingerprint density at radius 1 is 1.09 bits per heavy atom. The van der Waals surface area contributed by atoms with Crippen LogP contribution in [0.2, 0.25) is 0 Å². The van der Waals surface area contributed by atoms with E-state index in [0.29, 0.717) is 40.0 Å². The smallest absolute Gasteiger partial charge is 0.247 e. The minimum absolute atomic E-state index is 0.212. The molecule has 1 aromatic carbocycles. The third kappa shape index (κ3) is 4.52. The molecule has 4 heterocycles. The molecule has 1 saturated heterocycles. The van der Waals surface area contributed by atoms with E-state index in [4.69, 9.17) is 0 Å². The van der Waals surface area contributed by atoms with Gasteiger partial charge in [0, 0.05) is 36.6 Å². The first kappa shape index (κ1) is 21.4. The van der Waals surface area contributed by atoms with Gasteiger partial charge in [-0.25, -0.2) is 19.3 Å². The molecular weight excluding hydrogens is 435 g/mol. The molecule has 1 fully saturated rings. The van der Waals surface area contributed by atoms with Gasteiger partial charge in [0.05, 0.1) is 34.7 Å². The van der Waals surface area contributed by atoms with Gasteiger partial charge in [0.1, 0.15) is 11.6 Å². The van der Waals surface area contributed by atoms with Crippen molar-refractivity contribution in [2.45, 2.75) is 6.04 Å². The molecule has 34 heavy (non-hydrogen) atoms. The molecule has 0 atom stereocenters. The van der Waals surface area contributed by atoms with Crippen LogP contribution in [0.3, 0.4) is 0 Å². The summed E-state index contributed by atoms with van der Waals surface area (Å²) in [6, 6.07) is 10.3. The lowest BCUT2D eigenvalue weighted by Gasteiger charge is -2.28. The van der Waals surface area contributed by atoms with Gasteiger partial charge in [-0.3, -0.25) is 9.78 Å². The number of benzene rings is 1. The van der Waals surface area contributed by atoms with Gasteiger partial charge >= 0.3 is 0 Å². The standard InChI is InChI=1S/C24H21FN8O/c1-2-21(34)31-15-7-8-27-19(9-15)22-18(25)5-3-14-10-29-24(33-23(14)22)32-16-4-6-20(28-13-16)30-17-11-26-12-17/h2-10,13,17,26H,1,11-12H2,(H,28,30)(H,27,31,34)(H,29,32,33). The highest BCUT2D eigenvalue weighted by Crippen LogP contribution is 2.31. The van der Waals surface area contributed by atoms with E-state index in [1.807, 2.05) is 12.1 Å². The average molecular weight is 456 g/mol. The van der Waals surface area contributed by atoms with Gasteiger partial charge in [-0.2, -0.15) is 0 Å². The normalized spacial score (nSPS) is 13.2. The minimum Gasteiger partial charge on any atom is -0.365 e. The molecule has 1 aliphatic rings. The molecule has 0 unspecified atom stereocenters. The molecule has 0 aliphatic carbocycles. The molecule has 170 valence electrons. The fourth-order valence-corrected chi connectivity index (χ4v) is 3.50. The summed E-state index contributed by atoms with van der Waals surface area (Å²) in [6.07, 6.45) is 5.95. The maximum Gasteiger partial charge on any atom is 0.247 e. The summed E-state index contributed by atoms with van der Waals surface area (Å²) in [6.45, 7) is 5.28. The monoisotopic (exact) mass is 456 g/mol. The van der Waals surface area contributed by atoms with Crippen molar-refractivity contribution in [3.05, 3.63) is 73.5 Å². The van der Waals surface area contributed by atoms with Crippen LogP contribution >= 0.6 is 0 Å². The van der Waals surface area contributed by atoms with Crippen LogP contribution in [0.1, 0.15) is 0 Å². The first-order valence-corrected chi connectivity index (χ1v) is 10.6. The second kappa shape index (κ2) is 9.20. The zero-order valence-corrected chi connectivity index (χ0v) is 18.0. The number of pyridine rings is 2. The fourth-order valence-electron chi connectivity index (χ4n) is 3.50. The third-order valence-electron chi connectivity index (χ3n) is 5.32. The SMILES string of the molecule is C=CC(=O)Nc1ccnc(-c2c(F)ccc3cnc(Nc4ccc(NC5CNC5)nc4)nc23)c1. The van der Waals surface area contributed by atoms with E-state index in [9.17, 15) is 9.18 Å². The predicted octanol–water partition coefficient (Wildman–Crippen LogP) is 3.48. The molecule has 4 aromatic rings. The van der Waals surface area contributed by atoms with E-state index in [-0.39, 0.29) is 11.5 Å². The number of halogens is 1. The molecule has 1 amide bonds. The van der Waals surface area contributed by atoms with Crippen LogP contribution in [0.25, 0.3) is 22.2 Å². The van der Waals surface area contributed by atoms with Crippen molar-refractivity contribution in [1.29, 1.82) is 0 Å². The first-order valence-electron chi connectivity index (χ1n) is 10.6. The molecule has 9 nitrogen and oxygen atoms in total. The Labute approximate surface area is 194 Å². The lowest BCUT2D eigenvalue weighted by atomic mass is 10.1. The van der Waals surface area contributed by atoms with Crippen LogP contribution in [0, 0.1) is 5.82 Å². The van der Waals surface area contributed by atoms with Gasteiger partial charge in [-0.05, 0) is 42.5 Å². The molecule has 0 saturated carbocycles. The van der Waals surface area contributed by atoms with Gasteiger partial charge < -0.3 is 21.3 Å². The Hall–Kier alpha value is -4.44. The number of amides is 1. The van der Waals surface area contributed by atoms with E-state index >= 15 is 0 Å². The van der Waals surface area contributed by atoms with E-state index in [1.165, 1.54) is 12.3 Å². The Balaban J connectivity index is 1.45. The van der Waals surface area contributed by atoms with E-state index in [2.05, 4.69) is 47.8 Å². The van der Waals surface area contributed by atoms with Crippen molar-refractivity contribution in [1.82, 2.24) is 25.3 Å². The maximum absolute atomic E-state index is 15.0. The number of anilines is 4. The number of nitrogens with one attached hydrogen (secondary N) is 4. The van der Waals surface area contributed by atoms with Gasteiger partial charge in [0.25, 0.3) is 0 Å². The van der Waals surface area contributed by atoms with Crippen LogP contribution in [0.5, 0.6) is 0 Å². The minimum atomic E-state index is -0.487. The number of carbonyl (C=O) groups is 1. The second-order valence-electron chi connectivity index (χ2n) is 7.73. The summed E-state index contributed by atoms with van der Waals surface area (Å²) in [5, 5.41) is 13.0. The fraction of sp³-hybridized carbons (Fsp3) is 0.125. The predicted molar refractivity (Wildman–Crippen MR) is 129 cm³/mol. The zero-order chi connectivity index (χ0) is 23.5. The average Bonchev–Trinajstić information content (AvgIpc) is 2.82. The van der Waals surface area contributed by atoms with Gasteiger partial charge in [-0.15, -0.1) is 0 Å². The van der Waals surface area contributed by atoms with Crippen molar-refractivity contribution in [3.63, 3.8) is 0 Å². The quantitative estimate of drug-likeness (QED) is 0.312. The first-order chi connectivity index (χ1) is 16.6. The highest BCUT2D eigenvalue weighted by molar-refractivity contribution is 6.00. The van der Waals surface area contributed by atoms with Crippen LogP contribution in [-0.2, 0) is 4.79 Å². The lowest BCUT2D eigenvalue weighted by Crippen LogP contribution is -2.51. The third-order valence-corrected chi connectivity index (χ3v) is 5.32. The van der Waals surface area contributed by atoms with Crippen molar-refractivity contribution >= 4 is 40.0 Å². The molecule has 0 bridgehead atoms. The van der Waals surface area contributed by atoms with Crippen LogP contribution in [0.4, 0.5) is 27.5 Å². The van der Waals surface area contributed by atoms with Crippen LogP contribution in [0.15, 0.2) is 67.6 Å². The molecule has 4 N–H and O–H groups in total. The number of rotatable bonds is 7. The summed E-state index contributed by atoms with van der Waals surface area (Å²) >= 11 is 0. The number of carbonyl (C=O) groups excluding carboxylic acids is 1. The van der Waals surface area contributed by atoms with Crippen molar-refractivity contribution in [3.8, 4) is 11.3 Å². The Bertz CT molecular complexity index is 1370. The van der Waals surface area contributed by atoms with E-state index < -0.39 is 5.82 Å². The van der Waals surface area contributed by atoms with E-state index in [1.54, 1.807) is 30.6 Å². The molecule has 5 rings (SSSR count). The molecule has 10 heteroatoms. The highest BCUT2D eigenvalue weighted by atomic mass is 19.1. The number of nitrogens with zero attached hydrogens (tertiary/aromatic N) is 4. The number of fused-ring (bicyclic) bond motifs is 1. The summed E-state index contributed by atoms with van der Waals surface area (Å²) in [4.78, 5) is 29.3. The van der Waals surface area contributed by atoms with Crippen LogP contribution in [-0.4, -0.2) is 45.0 Å². The zero-order valence-electron chi connectivity index (χ0n) is 18.0. The largest absolute Gasteiger partial charge is 0.365 e. The maximum atomic E-state index is 15.0. The second-order valence-corrected chi connectivity index (χ2v) is 7.73. The van der Waals surface area contributed by atoms with Gasteiger partial charge in [0.2, 0.25) is 11.9 Å². The molecule has 3 aromatic heterocycles. The van der Waals surface area contributed by atoms with Gasteiger partial charge in [0.15, 0.2) is 0 Å². The number of hydrogen-bond acceptors (Lipinski definition) is 8. The topological polar surface area (TPSA) is 117 Å². The number of hydrogen-bond donors (Lipinski definition) is 4. The Morgan fingerprint density at radius 2 is 1.97 bits per heavy atom. The summed E-state index contributed by atoms with van der Waals surface area (Å²) < 4.78 is 15.0. The van der Waals surface area contributed by atoms with Crippen molar-refractivity contribution in [2.75, 3.05) is 29.0 Å². The lowest BCUT2D eigenvalue weighted by molar-refractivity contribution is -0.111. The highest BCUT2D eigenvalue weighted by Gasteiger charge is 2.17. The summed E-state index contributed by atoms with van der Waals surface area (Å²) in [5.41, 5.74) is 2.10. The van der Waals surface area contributed by atoms with E-state index in [0.717, 1.165) is 25.0 Å². The Kier molecular flexibility index (Phi) is 5.79.